The first-order chi connectivity index (χ1) is 9.25. The summed E-state index contributed by atoms with van der Waals surface area (Å²) in [4.78, 5) is 14.0. The SMILES string of the molecule is CC(NC(=O)NCCCCN1CCOCC1)C1CC1. The van der Waals surface area contributed by atoms with E-state index in [2.05, 4.69) is 22.5 Å². The van der Waals surface area contributed by atoms with Crippen molar-refractivity contribution in [2.24, 2.45) is 5.92 Å². The number of carbonyl (C=O) groups is 1. The third-order valence-electron chi connectivity index (χ3n) is 3.98. The summed E-state index contributed by atoms with van der Waals surface area (Å²) in [5.74, 6) is 0.715. The standard InChI is InChI=1S/C14H27N3O2/c1-12(13-4-5-13)16-14(18)15-6-2-3-7-17-8-10-19-11-9-17/h12-13H,2-11H2,1H3,(H2,15,16,18). The van der Waals surface area contributed by atoms with E-state index in [0.29, 0.717) is 12.0 Å². The minimum Gasteiger partial charge on any atom is -0.379 e. The van der Waals surface area contributed by atoms with Gasteiger partial charge in [0.05, 0.1) is 13.2 Å². The summed E-state index contributed by atoms with van der Waals surface area (Å²) in [5, 5.41) is 5.95. The second-order valence-corrected chi connectivity index (χ2v) is 5.69. The number of unbranched alkanes of at least 4 members (excludes halogenated alkanes) is 1. The first-order valence-electron chi connectivity index (χ1n) is 7.60. The van der Waals surface area contributed by atoms with Gasteiger partial charge in [-0.25, -0.2) is 4.79 Å². The molecule has 0 aromatic rings. The maximum absolute atomic E-state index is 11.6. The van der Waals surface area contributed by atoms with Crippen LogP contribution in [0.1, 0.15) is 32.6 Å². The lowest BCUT2D eigenvalue weighted by Crippen LogP contribution is -2.42. The van der Waals surface area contributed by atoms with Crippen LogP contribution in [0.5, 0.6) is 0 Å². The number of rotatable bonds is 7. The van der Waals surface area contributed by atoms with E-state index in [-0.39, 0.29) is 6.03 Å². The number of carbonyl (C=O) groups excluding carboxylic acids is 1. The predicted molar refractivity (Wildman–Crippen MR) is 75.2 cm³/mol. The molecule has 110 valence electrons. The molecule has 2 N–H and O–H groups in total. The molecule has 1 saturated heterocycles. The molecular weight excluding hydrogens is 242 g/mol. The molecule has 0 radical (unpaired) electrons. The first kappa shape index (κ1) is 14.6. The molecule has 1 aliphatic heterocycles. The zero-order valence-electron chi connectivity index (χ0n) is 12.0. The molecule has 2 amide bonds. The Morgan fingerprint density at radius 3 is 2.74 bits per heavy atom. The largest absolute Gasteiger partial charge is 0.379 e. The van der Waals surface area contributed by atoms with Gasteiger partial charge in [0.25, 0.3) is 0 Å². The highest BCUT2D eigenvalue weighted by Gasteiger charge is 2.28. The monoisotopic (exact) mass is 269 g/mol. The summed E-state index contributed by atoms with van der Waals surface area (Å²) >= 11 is 0. The highest BCUT2D eigenvalue weighted by Crippen LogP contribution is 2.32. The van der Waals surface area contributed by atoms with Crippen molar-refractivity contribution >= 4 is 6.03 Å². The van der Waals surface area contributed by atoms with Crippen LogP contribution in [0.4, 0.5) is 4.79 Å². The number of hydrogen-bond donors (Lipinski definition) is 2. The smallest absolute Gasteiger partial charge is 0.315 e. The second kappa shape index (κ2) is 7.70. The number of nitrogens with zero attached hydrogens (tertiary/aromatic N) is 1. The molecule has 0 bridgehead atoms. The van der Waals surface area contributed by atoms with Gasteiger partial charge in [-0.15, -0.1) is 0 Å². The predicted octanol–water partition coefficient (Wildman–Crippen LogP) is 1.20. The quantitative estimate of drug-likeness (QED) is 0.683. The van der Waals surface area contributed by atoms with Crippen molar-refractivity contribution in [3.8, 4) is 0 Å². The molecule has 1 saturated carbocycles. The van der Waals surface area contributed by atoms with Gasteiger partial charge in [-0.3, -0.25) is 4.90 Å². The Morgan fingerprint density at radius 1 is 1.32 bits per heavy atom. The fourth-order valence-electron chi connectivity index (χ4n) is 2.46. The summed E-state index contributed by atoms with van der Waals surface area (Å²) in [6, 6.07) is 0.319. The molecule has 2 fully saturated rings. The molecule has 5 heteroatoms. The molecule has 1 atom stereocenters. The Kier molecular flexibility index (Phi) is 5.92. The molecule has 1 heterocycles. The highest BCUT2D eigenvalue weighted by molar-refractivity contribution is 5.74. The van der Waals surface area contributed by atoms with Crippen molar-refractivity contribution in [2.45, 2.75) is 38.6 Å². The fraction of sp³-hybridized carbons (Fsp3) is 0.929. The van der Waals surface area contributed by atoms with Crippen LogP contribution in [0, 0.1) is 5.92 Å². The lowest BCUT2D eigenvalue weighted by atomic mass is 10.2. The molecule has 5 nitrogen and oxygen atoms in total. The lowest BCUT2D eigenvalue weighted by molar-refractivity contribution is 0.0372. The van der Waals surface area contributed by atoms with E-state index in [0.717, 1.165) is 52.2 Å². The van der Waals surface area contributed by atoms with Crippen molar-refractivity contribution in [3.63, 3.8) is 0 Å². The number of nitrogens with one attached hydrogen (secondary N) is 2. The lowest BCUT2D eigenvalue weighted by Gasteiger charge is -2.26. The van der Waals surface area contributed by atoms with Gasteiger partial charge in [-0.05, 0) is 45.1 Å². The topological polar surface area (TPSA) is 53.6 Å². The average Bonchev–Trinajstić information content (AvgIpc) is 3.24. The molecular formula is C14H27N3O2. The fourth-order valence-corrected chi connectivity index (χ4v) is 2.46. The number of ether oxygens (including phenoxy) is 1. The van der Waals surface area contributed by atoms with E-state index in [9.17, 15) is 4.79 Å². The zero-order chi connectivity index (χ0) is 13.5. The van der Waals surface area contributed by atoms with E-state index >= 15 is 0 Å². The van der Waals surface area contributed by atoms with Gasteiger partial charge < -0.3 is 15.4 Å². The Labute approximate surface area is 116 Å². The Hall–Kier alpha value is -0.810. The van der Waals surface area contributed by atoms with Crippen molar-refractivity contribution in [3.05, 3.63) is 0 Å². The van der Waals surface area contributed by atoms with Gasteiger partial charge in [0, 0.05) is 25.7 Å². The van der Waals surface area contributed by atoms with Crippen LogP contribution in [-0.2, 0) is 4.74 Å². The van der Waals surface area contributed by atoms with E-state index in [1.807, 2.05) is 0 Å². The zero-order valence-corrected chi connectivity index (χ0v) is 12.0. The van der Waals surface area contributed by atoms with Crippen molar-refractivity contribution in [1.29, 1.82) is 0 Å². The summed E-state index contributed by atoms with van der Waals surface area (Å²) in [5.41, 5.74) is 0. The number of morpholine rings is 1. The molecule has 2 rings (SSSR count). The molecule has 0 spiro atoms. The van der Waals surface area contributed by atoms with Crippen molar-refractivity contribution in [1.82, 2.24) is 15.5 Å². The van der Waals surface area contributed by atoms with E-state index in [4.69, 9.17) is 4.74 Å². The molecule has 1 unspecified atom stereocenters. The summed E-state index contributed by atoms with van der Waals surface area (Å²) < 4.78 is 5.31. The van der Waals surface area contributed by atoms with Crippen LogP contribution < -0.4 is 10.6 Å². The summed E-state index contributed by atoms with van der Waals surface area (Å²) in [6.45, 7) is 7.80. The van der Waals surface area contributed by atoms with Gasteiger partial charge in [-0.2, -0.15) is 0 Å². The average molecular weight is 269 g/mol. The summed E-state index contributed by atoms with van der Waals surface area (Å²) in [6.07, 6.45) is 4.71. The van der Waals surface area contributed by atoms with E-state index in [1.54, 1.807) is 0 Å². The molecule has 1 aliphatic carbocycles. The maximum atomic E-state index is 11.6. The maximum Gasteiger partial charge on any atom is 0.315 e. The molecule has 0 aromatic carbocycles. The third-order valence-corrected chi connectivity index (χ3v) is 3.98. The van der Waals surface area contributed by atoms with Gasteiger partial charge in [0.15, 0.2) is 0 Å². The van der Waals surface area contributed by atoms with Gasteiger partial charge in [0.1, 0.15) is 0 Å². The minimum absolute atomic E-state index is 0.00854. The Morgan fingerprint density at radius 2 is 2.05 bits per heavy atom. The van der Waals surface area contributed by atoms with Crippen molar-refractivity contribution < 1.29 is 9.53 Å². The van der Waals surface area contributed by atoms with Gasteiger partial charge in [0.2, 0.25) is 0 Å². The Bertz CT molecular complexity index is 276. The number of urea groups is 1. The first-order valence-corrected chi connectivity index (χ1v) is 7.60. The van der Waals surface area contributed by atoms with Crippen LogP contribution >= 0.6 is 0 Å². The van der Waals surface area contributed by atoms with Crippen LogP contribution in [0.2, 0.25) is 0 Å². The molecule has 2 aliphatic rings. The number of amides is 2. The summed E-state index contributed by atoms with van der Waals surface area (Å²) in [7, 11) is 0. The van der Waals surface area contributed by atoms with Crippen LogP contribution in [0.3, 0.4) is 0 Å². The van der Waals surface area contributed by atoms with Crippen LogP contribution in [-0.4, -0.2) is 56.4 Å². The molecule has 19 heavy (non-hydrogen) atoms. The van der Waals surface area contributed by atoms with Crippen LogP contribution in [0.25, 0.3) is 0 Å². The van der Waals surface area contributed by atoms with Crippen molar-refractivity contribution in [2.75, 3.05) is 39.4 Å². The van der Waals surface area contributed by atoms with E-state index < -0.39 is 0 Å². The highest BCUT2D eigenvalue weighted by atomic mass is 16.5. The second-order valence-electron chi connectivity index (χ2n) is 5.69. The van der Waals surface area contributed by atoms with Crippen LogP contribution in [0.15, 0.2) is 0 Å². The van der Waals surface area contributed by atoms with Gasteiger partial charge >= 0.3 is 6.03 Å². The normalized spacial score (nSPS) is 21.9. The minimum atomic E-state index is -0.00854. The Balaban J connectivity index is 1.43. The number of hydrogen-bond acceptors (Lipinski definition) is 3. The molecule has 0 aromatic heterocycles. The third kappa shape index (κ3) is 5.78. The van der Waals surface area contributed by atoms with Gasteiger partial charge in [-0.1, -0.05) is 0 Å². The van der Waals surface area contributed by atoms with E-state index in [1.165, 1.54) is 12.8 Å².